The highest BCUT2D eigenvalue weighted by Gasteiger charge is 2.19. The summed E-state index contributed by atoms with van der Waals surface area (Å²) in [5.74, 6) is -2.97. The molecule has 20 heavy (non-hydrogen) atoms. The van der Waals surface area contributed by atoms with Gasteiger partial charge in [0.1, 0.15) is 11.6 Å². The molecule has 0 saturated heterocycles. The third kappa shape index (κ3) is 3.43. The standard InChI is InChI=1S/C14H8BrF3OS/c15-10-5-6-11(17)13(14(10)18)12(19)7-20-9-3-1-8(16)2-4-9/h1-6H,7H2. The molecule has 0 aliphatic heterocycles. The van der Waals surface area contributed by atoms with E-state index in [-0.39, 0.29) is 16.0 Å². The highest BCUT2D eigenvalue weighted by molar-refractivity contribution is 9.10. The van der Waals surface area contributed by atoms with Crippen LogP contribution in [0.25, 0.3) is 0 Å². The van der Waals surface area contributed by atoms with Gasteiger partial charge in [0, 0.05) is 4.90 Å². The first-order valence-electron chi connectivity index (χ1n) is 5.54. The molecule has 0 bridgehead atoms. The Labute approximate surface area is 126 Å². The van der Waals surface area contributed by atoms with Crippen LogP contribution >= 0.6 is 27.7 Å². The van der Waals surface area contributed by atoms with Gasteiger partial charge in [0.2, 0.25) is 0 Å². The van der Waals surface area contributed by atoms with Crippen LogP contribution < -0.4 is 0 Å². The van der Waals surface area contributed by atoms with Crippen molar-refractivity contribution in [3.8, 4) is 0 Å². The number of Topliss-reactive ketones (excluding diaryl/α,β-unsaturated/α-hetero) is 1. The summed E-state index contributed by atoms with van der Waals surface area (Å²) in [5.41, 5.74) is -0.561. The lowest BCUT2D eigenvalue weighted by Crippen LogP contribution is -2.09. The molecular formula is C14H8BrF3OS. The van der Waals surface area contributed by atoms with Gasteiger partial charge in [-0.25, -0.2) is 13.2 Å². The molecule has 0 N–H and O–H groups in total. The van der Waals surface area contributed by atoms with Crippen LogP contribution in [-0.4, -0.2) is 11.5 Å². The lowest BCUT2D eigenvalue weighted by atomic mass is 10.1. The van der Waals surface area contributed by atoms with E-state index in [9.17, 15) is 18.0 Å². The normalized spacial score (nSPS) is 10.6. The van der Waals surface area contributed by atoms with Gasteiger partial charge in [-0.1, -0.05) is 0 Å². The van der Waals surface area contributed by atoms with Crippen LogP contribution in [0.4, 0.5) is 13.2 Å². The van der Waals surface area contributed by atoms with Crippen molar-refractivity contribution in [3.05, 3.63) is 63.9 Å². The summed E-state index contributed by atoms with van der Waals surface area (Å²) in [6.45, 7) is 0. The Kier molecular flexibility index (Phi) is 4.88. The fraction of sp³-hybridized carbons (Fsp3) is 0.0714. The second kappa shape index (κ2) is 6.45. The average Bonchev–Trinajstić information content (AvgIpc) is 2.43. The van der Waals surface area contributed by atoms with Crippen molar-refractivity contribution in [1.82, 2.24) is 0 Å². The van der Waals surface area contributed by atoms with Gasteiger partial charge in [-0.2, -0.15) is 0 Å². The summed E-state index contributed by atoms with van der Waals surface area (Å²) >= 11 is 4.00. The van der Waals surface area contributed by atoms with Crippen molar-refractivity contribution in [2.75, 3.05) is 5.75 Å². The lowest BCUT2D eigenvalue weighted by Gasteiger charge is -2.06. The molecule has 0 radical (unpaired) electrons. The number of benzene rings is 2. The van der Waals surface area contributed by atoms with Gasteiger partial charge in [0.15, 0.2) is 11.6 Å². The molecule has 1 nitrogen and oxygen atoms in total. The minimum atomic E-state index is -0.908. The summed E-state index contributed by atoms with van der Waals surface area (Å²) in [6.07, 6.45) is 0. The number of hydrogen-bond donors (Lipinski definition) is 0. The van der Waals surface area contributed by atoms with Crippen molar-refractivity contribution in [2.24, 2.45) is 0 Å². The van der Waals surface area contributed by atoms with E-state index < -0.39 is 23.0 Å². The first-order valence-corrected chi connectivity index (χ1v) is 7.32. The summed E-state index contributed by atoms with van der Waals surface area (Å²) in [4.78, 5) is 12.5. The average molecular weight is 361 g/mol. The smallest absolute Gasteiger partial charge is 0.179 e. The predicted molar refractivity (Wildman–Crippen MR) is 75.5 cm³/mol. The Morgan fingerprint density at radius 3 is 2.35 bits per heavy atom. The highest BCUT2D eigenvalue weighted by atomic mass is 79.9. The van der Waals surface area contributed by atoms with E-state index in [0.29, 0.717) is 4.90 Å². The monoisotopic (exact) mass is 360 g/mol. The molecule has 2 aromatic rings. The number of ketones is 1. The summed E-state index contributed by atoms with van der Waals surface area (Å²) in [5, 5.41) is 0. The van der Waals surface area contributed by atoms with E-state index in [1.807, 2.05) is 0 Å². The Bertz CT molecular complexity index is 644. The molecule has 104 valence electrons. The number of carbonyl (C=O) groups is 1. The molecule has 2 rings (SSSR count). The molecule has 0 unspecified atom stereocenters. The van der Waals surface area contributed by atoms with E-state index in [1.54, 1.807) is 0 Å². The fourth-order valence-electron chi connectivity index (χ4n) is 1.53. The van der Waals surface area contributed by atoms with Gasteiger partial charge in [-0.3, -0.25) is 4.79 Å². The van der Waals surface area contributed by atoms with Gasteiger partial charge < -0.3 is 0 Å². The van der Waals surface area contributed by atoms with Crippen molar-refractivity contribution in [2.45, 2.75) is 4.90 Å². The molecule has 0 aliphatic rings. The molecule has 0 heterocycles. The van der Waals surface area contributed by atoms with Crippen LogP contribution in [0, 0.1) is 17.5 Å². The van der Waals surface area contributed by atoms with Crippen LogP contribution in [0.1, 0.15) is 10.4 Å². The molecule has 0 amide bonds. The van der Waals surface area contributed by atoms with Crippen molar-refractivity contribution >= 4 is 33.5 Å². The third-order valence-electron chi connectivity index (χ3n) is 2.51. The zero-order valence-electron chi connectivity index (χ0n) is 10.00. The van der Waals surface area contributed by atoms with Gasteiger partial charge >= 0.3 is 0 Å². The molecule has 0 aliphatic carbocycles. The van der Waals surface area contributed by atoms with Crippen LogP contribution in [0.2, 0.25) is 0 Å². The first-order chi connectivity index (χ1) is 9.49. The zero-order chi connectivity index (χ0) is 14.7. The predicted octanol–water partition coefficient (Wildman–Crippen LogP) is 4.84. The van der Waals surface area contributed by atoms with Crippen LogP contribution in [0.15, 0.2) is 45.8 Å². The van der Waals surface area contributed by atoms with Crippen molar-refractivity contribution in [3.63, 3.8) is 0 Å². The molecule has 6 heteroatoms. The summed E-state index contributed by atoms with van der Waals surface area (Å²) in [7, 11) is 0. The van der Waals surface area contributed by atoms with Gasteiger partial charge in [0.05, 0.1) is 15.8 Å². The van der Waals surface area contributed by atoms with E-state index >= 15 is 0 Å². The summed E-state index contributed by atoms with van der Waals surface area (Å²) < 4.78 is 40.0. The number of thioether (sulfide) groups is 1. The highest BCUT2D eigenvalue weighted by Crippen LogP contribution is 2.25. The minimum Gasteiger partial charge on any atom is -0.293 e. The Morgan fingerprint density at radius 1 is 1.05 bits per heavy atom. The fourth-order valence-corrected chi connectivity index (χ4v) is 2.64. The van der Waals surface area contributed by atoms with E-state index in [4.69, 9.17) is 0 Å². The SMILES string of the molecule is O=C(CSc1ccc(F)cc1)c1c(F)ccc(Br)c1F. The number of carbonyl (C=O) groups excluding carboxylic acids is 1. The van der Waals surface area contributed by atoms with Gasteiger partial charge in [-0.15, -0.1) is 11.8 Å². The maximum Gasteiger partial charge on any atom is 0.179 e. The second-order valence-electron chi connectivity index (χ2n) is 3.88. The first kappa shape index (κ1) is 15.1. The Hall–Kier alpha value is -1.27. The molecular weight excluding hydrogens is 353 g/mol. The molecule has 0 spiro atoms. The Morgan fingerprint density at radius 2 is 1.70 bits per heavy atom. The Balaban J connectivity index is 2.13. The molecule has 0 aromatic heterocycles. The van der Waals surface area contributed by atoms with Gasteiger partial charge in [-0.05, 0) is 52.3 Å². The molecule has 0 atom stereocenters. The van der Waals surface area contributed by atoms with Crippen molar-refractivity contribution < 1.29 is 18.0 Å². The second-order valence-corrected chi connectivity index (χ2v) is 5.79. The van der Waals surface area contributed by atoms with Crippen LogP contribution in [0.3, 0.4) is 0 Å². The maximum atomic E-state index is 13.7. The molecule has 0 saturated carbocycles. The minimum absolute atomic E-state index is 0.0361. The maximum absolute atomic E-state index is 13.7. The van der Waals surface area contributed by atoms with Crippen LogP contribution in [0.5, 0.6) is 0 Å². The quantitative estimate of drug-likeness (QED) is 0.440. The van der Waals surface area contributed by atoms with Crippen LogP contribution in [-0.2, 0) is 0 Å². The third-order valence-corrected chi connectivity index (χ3v) is 4.13. The number of hydrogen-bond acceptors (Lipinski definition) is 2. The lowest BCUT2D eigenvalue weighted by molar-refractivity contribution is 0.101. The topological polar surface area (TPSA) is 17.1 Å². The van der Waals surface area contributed by atoms with E-state index in [2.05, 4.69) is 15.9 Å². The zero-order valence-corrected chi connectivity index (χ0v) is 12.4. The van der Waals surface area contributed by atoms with E-state index in [0.717, 1.165) is 17.8 Å². The molecule has 2 aromatic carbocycles. The van der Waals surface area contributed by atoms with Gasteiger partial charge in [0.25, 0.3) is 0 Å². The van der Waals surface area contributed by atoms with E-state index in [1.165, 1.54) is 30.3 Å². The summed E-state index contributed by atoms with van der Waals surface area (Å²) in [6, 6.07) is 7.75. The number of halogens is 4. The largest absolute Gasteiger partial charge is 0.293 e. The van der Waals surface area contributed by atoms with Crippen molar-refractivity contribution in [1.29, 1.82) is 0 Å². The molecule has 0 fully saturated rings. The number of rotatable bonds is 4.